The first kappa shape index (κ1) is 12.3. The first-order valence-electron chi connectivity index (χ1n) is 3.81. The van der Waals surface area contributed by atoms with Crippen LogP contribution >= 0.6 is 0 Å². The molecule has 16 heavy (non-hydrogen) atoms. The van der Waals surface area contributed by atoms with Crippen molar-refractivity contribution >= 4 is 6.29 Å². The van der Waals surface area contributed by atoms with Gasteiger partial charge >= 0.3 is 6.18 Å². The third-order valence-corrected chi connectivity index (χ3v) is 1.74. The molecule has 1 aromatic heterocycles. The average Bonchev–Trinajstić information content (AvgIpc) is 2.15. The largest absolute Gasteiger partial charge is 0.506 e. The highest BCUT2D eigenvalue weighted by molar-refractivity contribution is 5.76. The topological polar surface area (TPSA) is 50.2 Å². The fourth-order valence-electron chi connectivity index (χ4n) is 1.14. The lowest BCUT2D eigenvalue weighted by atomic mass is 10.1. The first-order valence-corrected chi connectivity index (χ1v) is 3.81. The number of halogens is 5. The third-order valence-electron chi connectivity index (χ3n) is 1.74. The van der Waals surface area contributed by atoms with E-state index in [1.165, 1.54) is 0 Å². The van der Waals surface area contributed by atoms with Gasteiger partial charge in [0.25, 0.3) is 6.43 Å². The smallest absolute Gasteiger partial charge is 0.419 e. The number of carbonyl (C=O) groups excluding carboxylic acids is 1. The summed E-state index contributed by atoms with van der Waals surface area (Å²) < 4.78 is 61.8. The van der Waals surface area contributed by atoms with Gasteiger partial charge in [-0.3, -0.25) is 4.79 Å². The van der Waals surface area contributed by atoms with Gasteiger partial charge in [0, 0.05) is 0 Å². The van der Waals surface area contributed by atoms with Gasteiger partial charge in [0.05, 0.1) is 17.3 Å². The quantitative estimate of drug-likeness (QED) is 0.639. The normalized spacial score (nSPS) is 11.9. The molecule has 0 bridgehead atoms. The standard InChI is InChI=1S/C8H4F5NO2/c9-7(10)5-4(16)1-14-3(2-15)6(5)8(11,12)13/h1-2,7,16H. The van der Waals surface area contributed by atoms with E-state index in [1.807, 2.05) is 0 Å². The van der Waals surface area contributed by atoms with Gasteiger partial charge in [-0.05, 0) is 0 Å². The molecule has 0 amide bonds. The molecule has 88 valence electrons. The highest BCUT2D eigenvalue weighted by atomic mass is 19.4. The van der Waals surface area contributed by atoms with Crippen LogP contribution in [0.25, 0.3) is 0 Å². The Balaban J connectivity index is 3.62. The van der Waals surface area contributed by atoms with Crippen molar-refractivity contribution in [2.75, 3.05) is 0 Å². The lowest BCUT2D eigenvalue weighted by Gasteiger charge is -2.14. The van der Waals surface area contributed by atoms with Gasteiger partial charge in [-0.2, -0.15) is 13.2 Å². The molecule has 0 fully saturated rings. The van der Waals surface area contributed by atoms with Crippen LogP contribution in [0.2, 0.25) is 0 Å². The minimum atomic E-state index is -5.19. The summed E-state index contributed by atoms with van der Waals surface area (Å²) in [6.07, 6.45) is -8.67. The molecule has 0 atom stereocenters. The van der Waals surface area contributed by atoms with Crippen molar-refractivity contribution in [3.63, 3.8) is 0 Å². The highest BCUT2D eigenvalue weighted by Gasteiger charge is 2.40. The van der Waals surface area contributed by atoms with Crippen molar-refractivity contribution in [1.29, 1.82) is 0 Å². The maximum absolute atomic E-state index is 12.4. The number of aromatic nitrogens is 1. The van der Waals surface area contributed by atoms with E-state index in [9.17, 15) is 26.7 Å². The van der Waals surface area contributed by atoms with Gasteiger partial charge in [0.2, 0.25) is 0 Å². The molecule has 0 radical (unpaired) electrons. The summed E-state index contributed by atoms with van der Waals surface area (Å²) in [4.78, 5) is 13.2. The molecular formula is C8H4F5NO2. The van der Waals surface area contributed by atoms with Gasteiger partial charge in [0.1, 0.15) is 11.4 Å². The molecule has 0 aliphatic carbocycles. The van der Waals surface area contributed by atoms with Crippen LogP contribution in [-0.4, -0.2) is 16.4 Å². The van der Waals surface area contributed by atoms with Crippen molar-refractivity contribution < 1.29 is 31.9 Å². The van der Waals surface area contributed by atoms with Crippen LogP contribution in [0.4, 0.5) is 22.0 Å². The van der Waals surface area contributed by atoms with Crippen LogP contribution in [-0.2, 0) is 6.18 Å². The van der Waals surface area contributed by atoms with Crippen LogP contribution in [0, 0.1) is 0 Å². The Labute approximate surface area is 85.5 Å². The molecule has 1 rings (SSSR count). The van der Waals surface area contributed by atoms with E-state index < -0.39 is 35.2 Å². The highest BCUT2D eigenvalue weighted by Crippen LogP contribution is 2.41. The molecular weight excluding hydrogens is 237 g/mol. The van der Waals surface area contributed by atoms with Crippen molar-refractivity contribution in [3.8, 4) is 5.75 Å². The zero-order chi connectivity index (χ0) is 12.5. The Bertz CT molecular complexity index is 416. The monoisotopic (exact) mass is 241 g/mol. The molecule has 8 heteroatoms. The summed E-state index contributed by atoms with van der Waals surface area (Å²) in [5, 5.41) is 8.89. The van der Waals surface area contributed by atoms with E-state index in [0.717, 1.165) is 0 Å². The number of aldehydes is 1. The lowest BCUT2D eigenvalue weighted by molar-refractivity contribution is -0.140. The van der Waals surface area contributed by atoms with E-state index in [4.69, 9.17) is 5.11 Å². The molecule has 0 aliphatic rings. The fourth-order valence-corrected chi connectivity index (χ4v) is 1.14. The number of alkyl halides is 5. The maximum Gasteiger partial charge on any atom is 0.419 e. The molecule has 0 aromatic carbocycles. The van der Waals surface area contributed by atoms with E-state index >= 15 is 0 Å². The second-order valence-corrected chi connectivity index (χ2v) is 2.73. The second kappa shape index (κ2) is 4.03. The average molecular weight is 241 g/mol. The second-order valence-electron chi connectivity index (χ2n) is 2.73. The Morgan fingerprint density at radius 1 is 1.38 bits per heavy atom. The predicted molar refractivity (Wildman–Crippen MR) is 41.2 cm³/mol. The minimum Gasteiger partial charge on any atom is -0.506 e. The van der Waals surface area contributed by atoms with E-state index in [1.54, 1.807) is 0 Å². The summed E-state index contributed by atoms with van der Waals surface area (Å²) in [7, 11) is 0. The number of rotatable bonds is 2. The lowest BCUT2D eigenvalue weighted by Crippen LogP contribution is -2.14. The van der Waals surface area contributed by atoms with Crippen LogP contribution in [0.1, 0.15) is 28.0 Å². The Hall–Kier alpha value is -1.73. The van der Waals surface area contributed by atoms with E-state index in [-0.39, 0.29) is 6.29 Å². The summed E-state index contributed by atoms with van der Waals surface area (Å²) in [5.41, 5.74) is -4.72. The maximum atomic E-state index is 12.4. The number of nitrogens with zero attached hydrogens (tertiary/aromatic N) is 1. The van der Waals surface area contributed by atoms with Crippen molar-refractivity contribution in [3.05, 3.63) is 23.0 Å². The molecule has 0 saturated heterocycles. The van der Waals surface area contributed by atoms with Crippen molar-refractivity contribution in [2.24, 2.45) is 0 Å². The Kier molecular flexibility index (Phi) is 3.11. The Morgan fingerprint density at radius 2 is 1.94 bits per heavy atom. The van der Waals surface area contributed by atoms with Crippen LogP contribution in [0.3, 0.4) is 0 Å². The fraction of sp³-hybridized carbons (Fsp3) is 0.250. The van der Waals surface area contributed by atoms with E-state index in [0.29, 0.717) is 6.20 Å². The van der Waals surface area contributed by atoms with Gasteiger partial charge in [0.15, 0.2) is 6.29 Å². The zero-order valence-corrected chi connectivity index (χ0v) is 7.42. The number of hydrogen-bond donors (Lipinski definition) is 1. The zero-order valence-electron chi connectivity index (χ0n) is 7.42. The van der Waals surface area contributed by atoms with Gasteiger partial charge in [-0.25, -0.2) is 13.8 Å². The molecule has 0 spiro atoms. The first-order chi connectivity index (χ1) is 7.29. The molecule has 3 nitrogen and oxygen atoms in total. The number of hydrogen-bond acceptors (Lipinski definition) is 3. The Morgan fingerprint density at radius 3 is 2.31 bits per heavy atom. The molecule has 1 aromatic rings. The number of pyridine rings is 1. The van der Waals surface area contributed by atoms with Gasteiger partial charge < -0.3 is 5.11 Å². The van der Waals surface area contributed by atoms with Crippen molar-refractivity contribution in [1.82, 2.24) is 4.98 Å². The molecule has 1 heterocycles. The summed E-state index contributed by atoms with van der Waals surface area (Å²) in [6, 6.07) is 0. The summed E-state index contributed by atoms with van der Waals surface area (Å²) >= 11 is 0. The number of carbonyl (C=O) groups is 1. The van der Waals surface area contributed by atoms with Crippen LogP contribution in [0.15, 0.2) is 6.20 Å². The SMILES string of the molecule is O=Cc1ncc(O)c(C(F)F)c1C(F)(F)F. The van der Waals surface area contributed by atoms with Gasteiger partial charge in [-0.15, -0.1) is 0 Å². The predicted octanol–water partition coefficient (Wildman–Crippen LogP) is 2.56. The van der Waals surface area contributed by atoms with Crippen molar-refractivity contribution in [2.45, 2.75) is 12.6 Å². The van der Waals surface area contributed by atoms with Crippen LogP contribution < -0.4 is 0 Å². The van der Waals surface area contributed by atoms with Crippen LogP contribution in [0.5, 0.6) is 5.75 Å². The summed E-state index contributed by atoms with van der Waals surface area (Å²) in [6.45, 7) is 0. The molecule has 0 saturated carbocycles. The van der Waals surface area contributed by atoms with E-state index in [2.05, 4.69) is 4.98 Å². The van der Waals surface area contributed by atoms with Gasteiger partial charge in [-0.1, -0.05) is 0 Å². The molecule has 1 N–H and O–H groups in total. The number of aromatic hydroxyl groups is 1. The summed E-state index contributed by atoms with van der Waals surface area (Å²) in [5.74, 6) is -1.30. The molecule has 0 unspecified atom stereocenters. The third kappa shape index (κ3) is 2.10. The minimum absolute atomic E-state index is 0.297. The molecule has 0 aliphatic heterocycles.